The van der Waals surface area contributed by atoms with Gasteiger partial charge in [0.15, 0.2) is 17.7 Å². The topological polar surface area (TPSA) is 123 Å². The number of hydrogen-bond acceptors (Lipinski definition) is 7. The molecule has 0 radical (unpaired) electrons. The van der Waals surface area contributed by atoms with Crippen LogP contribution in [0.5, 0.6) is 23.0 Å². The number of ether oxygens (including phenoxy) is 3. The number of aryl methyl sites for hydroxylation is 1. The predicted octanol–water partition coefficient (Wildman–Crippen LogP) is 6.52. The first kappa shape index (κ1) is 32.7. The zero-order chi connectivity index (χ0) is 33.7. The number of urea groups is 1. The quantitative estimate of drug-likeness (QED) is 0.153. The third-order valence-corrected chi connectivity index (χ3v) is 8.01. The van der Waals surface area contributed by atoms with Gasteiger partial charge in [0, 0.05) is 5.56 Å². The molecular weight excluding hydrogens is 628 g/mol. The molecule has 0 aromatic heterocycles. The lowest BCUT2D eigenvalue weighted by molar-refractivity contribution is -0.664. The fraction of sp³-hybridized carbons (Fsp3) is 0.367. The summed E-state index contributed by atoms with van der Waals surface area (Å²) in [5.74, 6) is 1.07. The molecule has 0 spiro atoms. The molecule has 0 bridgehead atoms. The zero-order valence-electron chi connectivity index (χ0n) is 24.2. The summed E-state index contributed by atoms with van der Waals surface area (Å²) in [5, 5.41) is 25.3. The molecule has 1 saturated heterocycles. The van der Waals surface area contributed by atoms with E-state index in [1.165, 1.54) is 17.0 Å². The summed E-state index contributed by atoms with van der Waals surface area (Å²) in [6, 6.07) is 12.3. The number of carbonyl (C=O) groups is 1. The molecule has 5 rings (SSSR count). The van der Waals surface area contributed by atoms with Crippen molar-refractivity contribution in [2.75, 3.05) is 6.79 Å². The highest BCUT2D eigenvalue weighted by atomic mass is 19.4. The molecule has 3 aromatic rings. The summed E-state index contributed by atoms with van der Waals surface area (Å²) in [7, 11) is 0. The van der Waals surface area contributed by atoms with Crippen LogP contribution in [0.3, 0.4) is 0 Å². The van der Waals surface area contributed by atoms with Crippen LogP contribution < -0.4 is 19.5 Å². The van der Waals surface area contributed by atoms with Crippen LogP contribution in [-0.2, 0) is 24.0 Å². The lowest BCUT2D eigenvalue weighted by Gasteiger charge is -2.30. The summed E-state index contributed by atoms with van der Waals surface area (Å²) >= 11 is 0. The number of hydrogen-bond donors (Lipinski definition) is 2. The van der Waals surface area contributed by atoms with Gasteiger partial charge in [0.05, 0.1) is 11.5 Å². The Balaban J connectivity index is 1.35. The van der Waals surface area contributed by atoms with Gasteiger partial charge in [-0.1, -0.05) is 31.5 Å². The van der Waals surface area contributed by atoms with Gasteiger partial charge >= 0.3 is 23.9 Å². The van der Waals surface area contributed by atoms with Gasteiger partial charge in [-0.25, -0.2) is 4.79 Å². The number of alkyl halides is 6. The number of nitro groups is 1. The average molecular weight is 656 g/mol. The van der Waals surface area contributed by atoms with Crippen molar-refractivity contribution in [3.63, 3.8) is 0 Å². The predicted molar refractivity (Wildman–Crippen MR) is 148 cm³/mol. The summed E-state index contributed by atoms with van der Waals surface area (Å²) in [5.41, 5.74) is -7.05. The molecule has 46 heavy (non-hydrogen) atoms. The van der Waals surface area contributed by atoms with E-state index in [0.29, 0.717) is 34.8 Å². The fourth-order valence-corrected chi connectivity index (χ4v) is 5.54. The molecule has 0 aliphatic carbocycles. The third kappa shape index (κ3) is 5.39. The van der Waals surface area contributed by atoms with Gasteiger partial charge in [-0.2, -0.15) is 26.3 Å². The first-order chi connectivity index (χ1) is 21.5. The second-order valence-corrected chi connectivity index (χ2v) is 11.0. The highest BCUT2D eigenvalue weighted by Crippen LogP contribution is 2.53. The molecule has 0 saturated carbocycles. The Bertz CT molecular complexity index is 1630. The lowest BCUT2D eigenvalue weighted by atomic mass is 9.87. The second-order valence-electron chi connectivity index (χ2n) is 11.0. The van der Waals surface area contributed by atoms with Crippen molar-refractivity contribution in [1.82, 2.24) is 10.2 Å². The smallest absolute Gasteiger partial charge is 0.457 e. The minimum absolute atomic E-state index is 0.0267. The number of aliphatic hydroxyl groups is 1. The largest absolute Gasteiger partial charge is 0.475 e. The van der Waals surface area contributed by atoms with Crippen molar-refractivity contribution >= 4 is 6.03 Å². The number of rotatable bonds is 9. The molecule has 2 N–H and O–H groups in total. The summed E-state index contributed by atoms with van der Waals surface area (Å²) in [6.07, 6.45) is -13.6. The van der Waals surface area contributed by atoms with Crippen molar-refractivity contribution in [1.29, 1.82) is 0 Å². The van der Waals surface area contributed by atoms with Gasteiger partial charge in [-0.15, -0.1) is 0 Å². The van der Waals surface area contributed by atoms with Gasteiger partial charge in [0.1, 0.15) is 17.0 Å². The number of nitrogens with zero attached hydrogens (tertiary/aromatic N) is 2. The van der Waals surface area contributed by atoms with Gasteiger partial charge in [0.2, 0.25) is 6.79 Å². The Kier molecular flexibility index (Phi) is 8.21. The number of amides is 2. The van der Waals surface area contributed by atoms with Gasteiger partial charge in [-0.05, 0) is 72.5 Å². The van der Waals surface area contributed by atoms with E-state index >= 15 is 0 Å². The monoisotopic (exact) mass is 655 g/mol. The summed E-state index contributed by atoms with van der Waals surface area (Å²) in [4.78, 5) is 23.1. The molecule has 2 amide bonds. The van der Waals surface area contributed by atoms with Crippen molar-refractivity contribution in [3.8, 4) is 23.0 Å². The maximum Gasteiger partial charge on any atom is 0.475 e. The number of benzene rings is 3. The van der Waals surface area contributed by atoms with Crippen LogP contribution in [0.4, 0.5) is 31.1 Å². The fourth-order valence-electron chi connectivity index (χ4n) is 5.54. The molecule has 2 aliphatic rings. The van der Waals surface area contributed by atoms with E-state index in [-0.39, 0.29) is 43.2 Å². The Labute approximate surface area is 257 Å². The molecule has 2 unspecified atom stereocenters. The Morgan fingerprint density at radius 3 is 2.28 bits per heavy atom. The molecule has 10 nitrogen and oxygen atoms in total. The highest BCUT2D eigenvalue weighted by molar-refractivity contribution is 5.79. The van der Waals surface area contributed by atoms with Gasteiger partial charge in [-0.3, -0.25) is 15.0 Å². The minimum atomic E-state index is -6.28. The zero-order valence-corrected chi connectivity index (χ0v) is 24.2. The van der Waals surface area contributed by atoms with Gasteiger partial charge < -0.3 is 24.6 Å². The molecular formula is C30H27F6N3O7. The summed E-state index contributed by atoms with van der Waals surface area (Å²) < 4.78 is 98.9. The van der Waals surface area contributed by atoms with E-state index in [1.807, 2.05) is 0 Å². The van der Waals surface area contributed by atoms with Crippen LogP contribution in [-0.4, -0.2) is 46.3 Å². The molecule has 1 fully saturated rings. The van der Waals surface area contributed by atoms with Crippen LogP contribution in [0.1, 0.15) is 42.5 Å². The van der Waals surface area contributed by atoms with Crippen LogP contribution >= 0.6 is 0 Å². The number of fused-ring (bicyclic) bond motifs is 1. The Morgan fingerprint density at radius 2 is 1.67 bits per heavy atom. The first-order valence-corrected chi connectivity index (χ1v) is 13.9. The maximum atomic E-state index is 13.7. The Hall–Kier alpha value is -4.73. The van der Waals surface area contributed by atoms with E-state index < -0.39 is 46.2 Å². The number of halogens is 6. The molecule has 3 aromatic carbocycles. The summed E-state index contributed by atoms with van der Waals surface area (Å²) in [6.45, 7) is 3.31. The van der Waals surface area contributed by atoms with Gasteiger partial charge in [0.25, 0.3) is 0 Å². The Morgan fingerprint density at radius 1 is 1.02 bits per heavy atom. The normalized spacial score (nSPS) is 19.7. The SMILES string of the molecule is CCCc1cc(C([N+](=O)[O-])(C(F)(F)F)C(F)(F)F)ccc1Oc1ccc(CN2C(=O)NC(C)(c3ccc4c(c3)OCO4)C2O)cc1. The second kappa shape index (κ2) is 11.6. The highest BCUT2D eigenvalue weighted by Gasteiger charge is 2.82. The van der Waals surface area contributed by atoms with E-state index in [2.05, 4.69) is 5.32 Å². The van der Waals surface area contributed by atoms with Crippen LogP contribution in [0.15, 0.2) is 60.7 Å². The van der Waals surface area contributed by atoms with E-state index in [0.717, 1.165) is 6.07 Å². The molecule has 2 aliphatic heterocycles. The van der Waals surface area contributed by atoms with E-state index in [4.69, 9.17) is 14.2 Å². The molecule has 2 atom stereocenters. The average Bonchev–Trinajstić information content (AvgIpc) is 3.52. The lowest BCUT2D eigenvalue weighted by Crippen LogP contribution is -2.59. The van der Waals surface area contributed by atoms with E-state index in [9.17, 15) is 46.4 Å². The number of aliphatic hydroxyl groups excluding tert-OH is 1. The first-order valence-electron chi connectivity index (χ1n) is 13.9. The van der Waals surface area contributed by atoms with Crippen molar-refractivity contribution in [3.05, 3.63) is 93.0 Å². The number of carbonyl (C=O) groups excluding carboxylic acids is 1. The standard InChI is InChI=1S/C30H27F6N3O7/c1-3-4-18-13-20(28(39(42)43,29(31,32)33)30(34,35)36)8-11-22(18)46-21-9-5-17(6-10-21)15-38-25(40)27(2,37-26(38)41)19-7-12-23-24(14-19)45-16-44-23/h5-14,25,40H,3-4,15-16H2,1-2H3,(H,37,41). The van der Waals surface area contributed by atoms with Crippen LogP contribution in [0, 0.1) is 10.1 Å². The third-order valence-electron chi connectivity index (χ3n) is 8.01. The minimum Gasteiger partial charge on any atom is -0.457 e. The number of nitrogens with one attached hydrogen (secondary N) is 1. The van der Waals surface area contributed by atoms with E-state index in [1.54, 1.807) is 44.2 Å². The maximum absolute atomic E-state index is 13.7. The van der Waals surface area contributed by atoms with Crippen LogP contribution in [0.25, 0.3) is 0 Å². The van der Waals surface area contributed by atoms with Crippen LogP contribution in [0.2, 0.25) is 0 Å². The van der Waals surface area contributed by atoms with Crippen molar-refractivity contribution in [2.45, 2.75) is 62.9 Å². The van der Waals surface area contributed by atoms with Crippen molar-refractivity contribution in [2.24, 2.45) is 0 Å². The molecule has 246 valence electrons. The molecule has 2 heterocycles. The molecule has 16 heteroatoms. The van der Waals surface area contributed by atoms with Crippen molar-refractivity contribution < 1.29 is 55.4 Å².